The molecule has 0 spiro atoms. The van der Waals surface area contributed by atoms with Gasteiger partial charge >= 0.3 is 16.5 Å². The van der Waals surface area contributed by atoms with E-state index in [4.69, 9.17) is 0 Å². The van der Waals surface area contributed by atoms with Crippen molar-refractivity contribution < 1.29 is 28.9 Å². The van der Waals surface area contributed by atoms with Crippen molar-refractivity contribution in [2.45, 2.75) is 13.3 Å². The third-order valence-electron chi connectivity index (χ3n) is 4.18. The van der Waals surface area contributed by atoms with Crippen LogP contribution in [0.3, 0.4) is 0 Å². The summed E-state index contributed by atoms with van der Waals surface area (Å²) in [5, 5.41) is 4.19. The summed E-state index contributed by atoms with van der Waals surface area (Å²) in [6, 6.07) is 32.3. The largest absolute Gasteiger partial charge is 1.00 e. The molecule has 0 bridgehead atoms. The first-order valence-electron chi connectivity index (χ1n) is 9.04. The topological polar surface area (TPSA) is 0 Å². The average Bonchev–Trinajstić information content (AvgIpc) is 3.25. The van der Waals surface area contributed by atoms with E-state index in [2.05, 4.69) is 123 Å². The number of allylic oxidation sites excluding steroid dienone is 4. The zero-order valence-corrected chi connectivity index (χ0v) is 18.5. The predicted molar refractivity (Wildman–Crippen MR) is 117 cm³/mol. The van der Waals surface area contributed by atoms with E-state index in [9.17, 15) is 0 Å². The van der Waals surface area contributed by atoms with Crippen LogP contribution in [0.4, 0.5) is 0 Å². The fourth-order valence-corrected chi connectivity index (χ4v) is 5.13. The second kappa shape index (κ2) is 13.5. The van der Waals surface area contributed by atoms with Crippen LogP contribution >= 0.6 is 7.92 Å². The number of benzene rings is 3. The van der Waals surface area contributed by atoms with Crippen molar-refractivity contribution in [1.82, 2.24) is 0 Å². The van der Waals surface area contributed by atoms with Crippen LogP contribution in [0.15, 0.2) is 115 Å². The van der Waals surface area contributed by atoms with Crippen molar-refractivity contribution in [3.05, 3.63) is 121 Å². The van der Waals surface area contributed by atoms with Gasteiger partial charge in [0.1, 0.15) is 0 Å². The van der Waals surface area contributed by atoms with E-state index in [-0.39, 0.29) is 28.9 Å². The van der Waals surface area contributed by atoms with E-state index >= 15 is 0 Å². The number of halogens is 1. The van der Waals surface area contributed by atoms with Crippen molar-refractivity contribution in [3.63, 3.8) is 0 Å². The van der Waals surface area contributed by atoms with Gasteiger partial charge in [-0.1, -0.05) is 122 Å². The quantitative estimate of drug-likeness (QED) is 0.424. The van der Waals surface area contributed by atoms with E-state index in [1.165, 1.54) is 21.5 Å². The van der Waals surface area contributed by atoms with Crippen LogP contribution in [0.1, 0.15) is 13.3 Å². The maximum absolute atomic E-state index is 2.23. The Bertz CT molecular complexity index is 752. The normalized spacial score (nSPS) is 11.6. The number of hydrogen-bond acceptors (Lipinski definition) is 0. The molecule has 1 aliphatic carbocycles. The predicted octanol–water partition coefficient (Wildman–Crippen LogP) is 2.54. The summed E-state index contributed by atoms with van der Waals surface area (Å²) in [5.41, 5.74) is 1.43. The molecule has 146 valence electrons. The Morgan fingerprint density at radius 2 is 1.00 bits per heavy atom. The Hall–Kier alpha value is -1.65. The SMILES string of the molecule is CCC1=CC=C[CH]1.[Cl-].[Ni+].c1ccc(P(c2ccccc2)c2ccccc2)cc1. The Balaban J connectivity index is 0.000000373. The standard InChI is InChI=1S/C18H15P.C7H9.ClH.Ni/c1-4-10-16(11-5-1)19(17-12-6-2-7-13-17)18-14-8-3-9-15-18;1-2-7-5-3-4-6-7;;/h1-15H;3-6H,2H2,1H3;1H;/q;;;+1/p-1. The van der Waals surface area contributed by atoms with Crippen LogP contribution < -0.4 is 28.3 Å². The van der Waals surface area contributed by atoms with Gasteiger partial charge in [-0.05, 0) is 30.3 Å². The summed E-state index contributed by atoms with van der Waals surface area (Å²) >= 11 is 0. The Morgan fingerprint density at radius 1 is 0.607 bits per heavy atom. The minimum atomic E-state index is -0.446. The first-order valence-corrected chi connectivity index (χ1v) is 10.4. The van der Waals surface area contributed by atoms with Crippen LogP contribution in [-0.2, 0) is 16.5 Å². The molecule has 0 heterocycles. The van der Waals surface area contributed by atoms with E-state index in [0.717, 1.165) is 6.42 Å². The van der Waals surface area contributed by atoms with Crippen LogP contribution in [0, 0.1) is 6.42 Å². The molecule has 0 atom stereocenters. The van der Waals surface area contributed by atoms with Crippen molar-refractivity contribution in [1.29, 1.82) is 0 Å². The minimum Gasteiger partial charge on any atom is -1.00 e. The first kappa shape index (κ1) is 24.4. The van der Waals surface area contributed by atoms with E-state index in [1.54, 1.807) is 0 Å². The Kier molecular flexibility index (Phi) is 11.8. The van der Waals surface area contributed by atoms with Crippen LogP contribution in [0.5, 0.6) is 0 Å². The van der Waals surface area contributed by atoms with E-state index < -0.39 is 7.92 Å². The molecule has 0 unspecified atom stereocenters. The molecule has 0 N–H and O–H groups in total. The fraction of sp³-hybridized carbons (Fsp3) is 0.0800. The molecule has 0 saturated carbocycles. The molecule has 0 aromatic heterocycles. The summed E-state index contributed by atoms with van der Waals surface area (Å²) in [7, 11) is -0.446. The van der Waals surface area contributed by atoms with Gasteiger partial charge in [0.25, 0.3) is 0 Å². The average molecular weight is 450 g/mol. The maximum atomic E-state index is 2.23. The zero-order chi connectivity index (χ0) is 18.0. The van der Waals surface area contributed by atoms with Crippen molar-refractivity contribution in [2.75, 3.05) is 0 Å². The number of rotatable bonds is 4. The molecule has 3 heteroatoms. The monoisotopic (exact) mass is 448 g/mol. The number of hydrogen-bond donors (Lipinski definition) is 0. The second-order valence-electron chi connectivity index (χ2n) is 5.99. The molecule has 1 aliphatic rings. The fourth-order valence-electron chi connectivity index (χ4n) is 2.83. The second-order valence-corrected chi connectivity index (χ2v) is 8.21. The van der Waals surface area contributed by atoms with Crippen molar-refractivity contribution in [2.24, 2.45) is 0 Å². The molecular formula is C25H24ClNiP. The molecule has 3 aromatic carbocycles. The molecule has 0 aliphatic heterocycles. The first-order chi connectivity index (χ1) is 12.9. The smallest absolute Gasteiger partial charge is 1.00 e. The van der Waals surface area contributed by atoms with Gasteiger partial charge in [0.15, 0.2) is 0 Å². The summed E-state index contributed by atoms with van der Waals surface area (Å²) in [5.74, 6) is 0. The van der Waals surface area contributed by atoms with Gasteiger partial charge < -0.3 is 12.4 Å². The third-order valence-corrected chi connectivity index (χ3v) is 6.63. The molecule has 3 aromatic rings. The molecule has 0 fully saturated rings. The van der Waals surface area contributed by atoms with Crippen LogP contribution in [0.25, 0.3) is 0 Å². The van der Waals surface area contributed by atoms with Gasteiger partial charge in [-0.15, -0.1) is 0 Å². The van der Waals surface area contributed by atoms with E-state index in [1.807, 2.05) is 0 Å². The molecule has 4 rings (SSSR count). The van der Waals surface area contributed by atoms with Gasteiger partial charge in [0, 0.05) is 6.42 Å². The molecule has 0 nitrogen and oxygen atoms in total. The van der Waals surface area contributed by atoms with Gasteiger partial charge in [-0.3, -0.25) is 0 Å². The van der Waals surface area contributed by atoms with Gasteiger partial charge in [-0.2, -0.15) is 0 Å². The zero-order valence-electron chi connectivity index (χ0n) is 15.8. The minimum absolute atomic E-state index is 0. The Morgan fingerprint density at radius 3 is 1.25 bits per heavy atom. The van der Waals surface area contributed by atoms with Gasteiger partial charge in [0.05, 0.1) is 0 Å². The van der Waals surface area contributed by atoms with Gasteiger partial charge in [-0.25, -0.2) is 0 Å². The van der Waals surface area contributed by atoms with Gasteiger partial charge in [0.2, 0.25) is 0 Å². The van der Waals surface area contributed by atoms with Crippen LogP contribution in [-0.4, -0.2) is 0 Å². The molecule has 0 saturated heterocycles. The molecule has 0 amide bonds. The van der Waals surface area contributed by atoms with Crippen LogP contribution in [0.2, 0.25) is 0 Å². The summed E-state index contributed by atoms with van der Waals surface area (Å²) in [4.78, 5) is 0. The third kappa shape index (κ3) is 7.07. The summed E-state index contributed by atoms with van der Waals surface area (Å²) < 4.78 is 0. The van der Waals surface area contributed by atoms with Crippen molar-refractivity contribution in [3.8, 4) is 0 Å². The maximum Gasteiger partial charge on any atom is 1.00 e. The molecule has 28 heavy (non-hydrogen) atoms. The molecular weight excluding hydrogens is 425 g/mol. The Labute approximate surface area is 186 Å². The summed E-state index contributed by atoms with van der Waals surface area (Å²) in [6.45, 7) is 2.16. The van der Waals surface area contributed by atoms with E-state index in [0.29, 0.717) is 0 Å². The van der Waals surface area contributed by atoms with Crippen molar-refractivity contribution >= 4 is 23.8 Å². The summed E-state index contributed by atoms with van der Waals surface area (Å²) in [6.07, 6.45) is 9.57. The molecule has 2 radical (unpaired) electrons.